The molecule has 8 heteroatoms. The second-order valence-electron chi connectivity index (χ2n) is 5.04. The van der Waals surface area contributed by atoms with E-state index in [1.54, 1.807) is 30.3 Å². The van der Waals surface area contributed by atoms with Gasteiger partial charge < -0.3 is 14.6 Å². The Morgan fingerprint density at radius 1 is 1.26 bits per heavy atom. The van der Waals surface area contributed by atoms with Gasteiger partial charge in [0.05, 0.1) is 12.2 Å². The molecule has 2 N–H and O–H groups in total. The molecule has 0 bridgehead atoms. The zero-order chi connectivity index (χ0) is 16.4. The lowest BCUT2D eigenvalue weighted by Gasteiger charge is -2.22. The van der Waals surface area contributed by atoms with Gasteiger partial charge in [-0.3, -0.25) is 14.3 Å². The third-order valence-electron chi connectivity index (χ3n) is 3.48. The van der Waals surface area contributed by atoms with E-state index >= 15 is 0 Å². The summed E-state index contributed by atoms with van der Waals surface area (Å²) in [5.41, 5.74) is -0.945. The first-order valence-electron chi connectivity index (χ1n) is 6.93. The highest BCUT2D eigenvalue weighted by Crippen LogP contribution is 2.26. The molecule has 2 aromatic rings. The molecule has 1 aromatic heterocycles. The fourth-order valence-electron chi connectivity index (χ4n) is 2.35. The molecule has 1 fully saturated rings. The molecule has 0 saturated carbocycles. The van der Waals surface area contributed by atoms with Crippen molar-refractivity contribution in [3.8, 4) is 0 Å². The Bertz CT molecular complexity index is 812. The van der Waals surface area contributed by atoms with Gasteiger partial charge in [-0.25, -0.2) is 9.59 Å². The predicted octanol–water partition coefficient (Wildman–Crippen LogP) is -0.348. The minimum atomic E-state index is -1.08. The smallest absolute Gasteiger partial charge is 0.338 e. The molecular weight excluding hydrogens is 304 g/mol. The molecule has 120 valence electrons. The molecule has 0 aliphatic carbocycles. The van der Waals surface area contributed by atoms with Crippen LogP contribution in [0.25, 0.3) is 0 Å². The molecule has 1 aliphatic heterocycles. The zero-order valence-corrected chi connectivity index (χ0v) is 11.9. The standard InChI is InChI=1S/C15H14N2O6/c18-10-8-22-13(17-7-6-11(19)16-15(17)21)12(10)23-14(20)9-4-2-1-3-5-9/h1-7,10,12-13,18H,8H2,(H,16,19,21)/t10-,12+,13+/m0/s1. The highest BCUT2D eigenvalue weighted by molar-refractivity contribution is 5.89. The molecule has 23 heavy (non-hydrogen) atoms. The number of benzene rings is 1. The van der Waals surface area contributed by atoms with Crippen molar-refractivity contribution >= 4 is 5.97 Å². The Balaban J connectivity index is 1.85. The number of aliphatic hydroxyl groups is 1. The number of ether oxygens (including phenoxy) is 2. The molecule has 8 nitrogen and oxygen atoms in total. The lowest BCUT2D eigenvalue weighted by molar-refractivity contribution is -0.0436. The van der Waals surface area contributed by atoms with E-state index in [2.05, 4.69) is 4.98 Å². The summed E-state index contributed by atoms with van der Waals surface area (Å²) in [5.74, 6) is -0.636. The highest BCUT2D eigenvalue weighted by atomic mass is 16.6. The average molecular weight is 318 g/mol. The van der Waals surface area contributed by atoms with Gasteiger partial charge in [-0.05, 0) is 12.1 Å². The maximum absolute atomic E-state index is 12.1. The Labute approximate surface area is 129 Å². The number of aromatic nitrogens is 2. The van der Waals surface area contributed by atoms with Crippen molar-refractivity contribution in [3.05, 3.63) is 69.0 Å². The topological polar surface area (TPSA) is 111 Å². The first-order valence-corrected chi connectivity index (χ1v) is 6.93. The molecule has 0 spiro atoms. The molecule has 0 unspecified atom stereocenters. The van der Waals surface area contributed by atoms with Crippen LogP contribution in [0.3, 0.4) is 0 Å². The fraction of sp³-hybridized carbons (Fsp3) is 0.267. The monoisotopic (exact) mass is 318 g/mol. The molecule has 1 aromatic carbocycles. The van der Waals surface area contributed by atoms with Gasteiger partial charge in [0, 0.05) is 12.3 Å². The van der Waals surface area contributed by atoms with Gasteiger partial charge in [0.25, 0.3) is 5.56 Å². The quantitative estimate of drug-likeness (QED) is 0.749. The third kappa shape index (κ3) is 3.08. The molecule has 3 rings (SSSR count). The summed E-state index contributed by atoms with van der Waals surface area (Å²) < 4.78 is 11.7. The lowest BCUT2D eigenvalue weighted by atomic mass is 10.2. The fourth-order valence-corrected chi connectivity index (χ4v) is 2.35. The number of aromatic amines is 1. The molecule has 2 heterocycles. The van der Waals surface area contributed by atoms with Crippen LogP contribution in [0, 0.1) is 0 Å². The second-order valence-corrected chi connectivity index (χ2v) is 5.04. The Kier molecular flexibility index (Phi) is 4.09. The van der Waals surface area contributed by atoms with Gasteiger partial charge in [-0.15, -0.1) is 0 Å². The van der Waals surface area contributed by atoms with Gasteiger partial charge >= 0.3 is 11.7 Å². The van der Waals surface area contributed by atoms with Crippen molar-refractivity contribution < 1.29 is 19.4 Å². The van der Waals surface area contributed by atoms with Crippen molar-refractivity contribution in [2.24, 2.45) is 0 Å². The number of aliphatic hydroxyl groups excluding tert-OH is 1. The van der Waals surface area contributed by atoms with Crippen molar-refractivity contribution in [1.29, 1.82) is 0 Å². The molecule has 3 atom stereocenters. The van der Waals surface area contributed by atoms with Gasteiger partial charge in [0.2, 0.25) is 0 Å². The maximum Gasteiger partial charge on any atom is 0.338 e. The number of H-pyrrole nitrogens is 1. The van der Waals surface area contributed by atoms with Crippen LogP contribution in [0.4, 0.5) is 0 Å². The minimum Gasteiger partial charge on any atom is -0.451 e. The van der Waals surface area contributed by atoms with Gasteiger partial charge in [0.15, 0.2) is 12.3 Å². The number of esters is 1. The molecule has 1 saturated heterocycles. The number of carbonyl (C=O) groups is 1. The van der Waals surface area contributed by atoms with Crippen LogP contribution in [0.2, 0.25) is 0 Å². The predicted molar refractivity (Wildman–Crippen MR) is 78.0 cm³/mol. The summed E-state index contributed by atoms with van der Waals surface area (Å²) in [6, 6.07) is 9.42. The van der Waals surface area contributed by atoms with E-state index in [0.717, 1.165) is 10.6 Å². The summed E-state index contributed by atoms with van der Waals surface area (Å²) in [5, 5.41) is 9.97. The highest BCUT2D eigenvalue weighted by Gasteiger charge is 2.41. The van der Waals surface area contributed by atoms with Crippen molar-refractivity contribution in [2.75, 3.05) is 6.61 Å². The van der Waals surface area contributed by atoms with Gasteiger partial charge in [0.1, 0.15) is 6.10 Å². The molecular formula is C15H14N2O6. The van der Waals surface area contributed by atoms with E-state index in [-0.39, 0.29) is 6.61 Å². The Morgan fingerprint density at radius 3 is 2.70 bits per heavy atom. The van der Waals surface area contributed by atoms with Crippen LogP contribution >= 0.6 is 0 Å². The first-order chi connectivity index (χ1) is 11.1. The van der Waals surface area contributed by atoms with Crippen LogP contribution in [0.1, 0.15) is 16.6 Å². The summed E-state index contributed by atoms with van der Waals surface area (Å²) >= 11 is 0. The molecule has 0 amide bonds. The van der Waals surface area contributed by atoms with E-state index in [4.69, 9.17) is 9.47 Å². The number of nitrogens with one attached hydrogen (secondary N) is 1. The number of nitrogens with zero attached hydrogens (tertiary/aromatic N) is 1. The minimum absolute atomic E-state index is 0.0943. The van der Waals surface area contributed by atoms with Crippen LogP contribution < -0.4 is 11.2 Å². The van der Waals surface area contributed by atoms with E-state index in [1.165, 1.54) is 6.20 Å². The van der Waals surface area contributed by atoms with E-state index < -0.39 is 35.7 Å². The zero-order valence-electron chi connectivity index (χ0n) is 11.9. The van der Waals surface area contributed by atoms with Gasteiger partial charge in [-0.2, -0.15) is 0 Å². The van der Waals surface area contributed by atoms with E-state index in [9.17, 15) is 19.5 Å². The van der Waals surface area contributed by atoms with Crippen LogP contribution in [-0.2, 0) is 9.47 Å². The van der Waals surface area contributed by atoms with Crippen molar-refractivity contribution in [2.45, 2.75) is 18.4 Å². The number of hydrogen-bond donors (Lipinski definition) is 2. The number of rotatable bonds is 3. The summed E-state index contributed by atoms with van der Waals surface area (Å²) in [6.07, 6.45) is -1.92. The summed E-state index contributed by atoms with van der Waals surface area (Å²) in [7, 11) is 0. The van der Waals surface area contributed by atoms with Crippen LogP contribution in [0.5, 0.6) is 0 Å². The lowest BCUT2D eigenvalue weighted by Crippen LogP contribution is -2.39. The maximum atomic E-state index is 12.1. The van der Waals surface area contributed by atoms with Gasteiger partial charge in [-0.1, -0.05) is 18.2 Å². The largest absolute Gasteiger partial charge is 0.451 e. The SMILES string of the molecule is O=C(O[C@H]1[C@H](n2ccc(=O)[nH]c2=O)OC[C@@H]1O)c1ccccc1. The number of hydrogen-bond acceptors (Lipinski definition) is 6. The first kappa shape index (κ1) is 15.2. The number of carbonyl (C=O) groups excluding carboxylic acids is 1. The second kappa shape index (κ2) is 6.19. The normalized spacial score (nSPS) is 23.6. The summed E-state index contributed by atoms with van der Waals surface area (Å²) in [6.45, 7) is -0.0943. The van der Waals surface area contributed by atoms with Crippen LogP contribution in [0.15, 0.2) is 52.2 Å². The third-order valence-corrected chi connectivity index (χ3v) is 3.48. The van der Waals surface area contributed by atoms with Crippen LogP contribution in [-0.4, -0.2) is 39.4 Å². The van der Waals surface area contributed by atoms with E-state index in [0.29, 0.717) is 5.56 Å². The Hall–Kier alpha value is -2.71. The Morgan fingerprint density at radius 2 is 2.00 bits per heavy atom. The summed E-state index contributed by atoms with van der Waals surface area (Å²) in [4.78, 5) is 37.2. The molecule has 1 aliphatic rings. The molecule has 0 radical (unpaired) electrons. The van der Waals surface area contributed by atoms with Crippen molar-refractivity contribution in [3.63, 3.8) is 0 Å². The average Bonchev–Trinajstić information content (AvgIpc) is 2.89. The van der Waals surface area contributed by atoms with E-state index in [1.807, 2.05) is 0 Å². The van der Waals surface area contributed by atoms with Crippen molar-refractivity contribution in [1.82, 2.24) is 9.55 Å².